The number of hydrogen-bond acceptors (Lipinski definition) is 2. The maximum atomic E-state index is 13.0. The van der Waals surface area contributed by atoms with Crippen molar-refractivity contribution >= 4 is 17.2 Å². The average Bonchev–Trinajstić information content (AvgIpc) is 2.49. The van der Waals surface area contributed by atoms with Crippen molar-refractivity contribution in [1.82, 2.24) is 14.6 Å². The smallest absolute Gasteiger partial charge is 0.196 e. The van der Waals surface area contributed by atoms with Crippen molar-refractivity contribution in [3.8, 4) is 0 Å². The van der Waals surface area contributed by atoms with Crippen LogP contribution in [0.15, 0.2) is 18.3 Å². The summed E-state index contributed by atoms with van der Waals surface area (Å²) in [6.07, 6.45) is 1.68. The van der Waals surface area contributed by atoms with Crippen molar-refractivity contribution in [2.45, 2.75) is 5.88 Å². The standard InChI is InChI=1S/C7H5ClFN3/c8-4-6-10-11-7-5(9)2-1-3-12(6)7/h1-3H,4H2. The van der Waals surface area contributed by atoms with Crippen LogP contribution in [-0.2, 0) is 5.88 Å². The lowest BCUT2D eigenvalue weighted by molar-refractivity contribution is 0.629. The number of hydrogen-bond donors (Lipinski definition) is 0. The van der Waals surface area contributed by atoms with Crippen LogP contribution in [0.1, 0.15) is 5.82 Å². The van der Waals surface area contributed by atoms with E-state index in [0.717, 1.165) is 0 Å². The monoisotopic (exact) mass is 185 g/mol. The van der Waals surface area contributed by atoms with Gasteiger partial charge >= 0.3 is 0 Å². The molecule has 0 saturated heterocycles. The van der Waals surface area contributed by atoms with E-state index in [2.05, 4.69) is 10.2 Å². The highest BCUT2D eigenvalue weighted by molar-refractivity contribution is 6.16. The Bertz CT molecular complexity index is 412. The summed E-state index contributed by atoms with van der Waals surface area (Å²) in [5.74, 6) is 0.387. The third-order valence-electron chi connectivity index (χ3n) is 1.58. The molecule has 0 aliphatic rings. The van der Waals surface area contributed by atoms with Crippen LogP contribution in [0.4, 0.5) is 4.39 Å². The second kappa shape index (κ2) is 2.71. The lowest BCUT2D eigenvalue weighted by atomic mass is 10.4. The van der Waals surface area contributed by atoms with E-state index in [-0.39, 0.29) is 17.3 Å². The Hall–Kier alpha value is -1.16. The molecule has 62 valence electrons. The summed E-state index contributed by atoms with van der Waals surface area (Å²) in [6, 6.07) is 2.92. The molecule has 0 bridgehead atoms. The zero-order valence-corrected chi connectivity index (χ0v) is 6.79. The third kappa shape index (κ3) is 0.956. The largest absolute Gasteiger partial charge is 0.283 e. The summed E-state index contributed by atoms with van der Waals surface area (Å²) in [6.45, 7) is 0. The van der Waals surface area contributed by atoms with Crippen molar-refractivity contribution < 1.29 is 4.39 Å². The van der Waals surface area contributed by atoms with E-state index < -0.39 is 0 Å². The summed E-state index contributed by atoms with van der Waals surface area (Å²) >= 11 is 5.55. The molecule has 0 spiro atoms. The van der Waals surface area contributed by atoms with Crippen LogP contribution in [0, 0.1) is 5.82 Å². The van der Waals surface area contributed by atoms with E-state index >= 15 is 0 Å². The van der Waals surface area contributed by atoms with E-state index in [1.807, 2.05) is 0 Å². The van der Waals surface area contributed by atoms with Gasteiger partial charge in [0.15, 0.2) is 17.3 Å². The fraction of sp³-hybridized carbons (Fsp3) is 0.143. The SMILES string of the molecule is Fc1cccn2c(CCl)nnc12. The van der Waals surface area contributed by atoms with Gasteiger partial charge in [0.1, 0.15) is 0 Å². The Labute approximate surface area is 72.8 Å². The van der Waals surface area contributed by atoms with Crippen molar-refractivity contribution in [2.75, 3.05) is 0 Å². The van der Waals surface area contributed by atoms with Gasteiger partial charge in [0.25, 0.3) is 0 Å². The van der Waals surface area contributed by atoms with Gasteiger partial charge in [0, 0.05) is 6.20 Å². The molecule has 0 unspecified atom stereocenters. The fourth-order valence-corrected chi connectivity index (χ4v) is 1.20. The number of fused-ring (bicyclic) bond motifs is 1. The zero-order valence-electron chi connectivity index (χ0n) is 6.04. The number of pyridine rings is 1. The Morgan fingerprint density at radius 1 is 1.50 bits per heavy atom. The fourth-order valence-electron chi connectivity index (χ4n) is 1.02. The topological polar surface area (TPSA) is 30.2 Å². The van der Waals surface area contributed by atoms with Crippen molar-refractivity contribution in [2.24, 2.45) is 0 Å². The molecule has 2 aromatic heterocycles. The van der Waals surface area contributed by atoms with Gasteiger partial charge in [-0.2, -0.15) is 0 Å². The van der Waals surface area contributed by atoms with E-state index in [1.165, 1.54) is 10.5 Å². The van der Waals surface area contributed by atoms with Gasteiger partial charge in [-0.25, -0.2) is 4.39 Å². The molecular weight excluding hydrogens is 181 g/mol. The van der Waals surface area contributed by atoms with Gasteiger partial charge in [-0.3, -0.25) is 4.40 Å². The molecule has 0 N–H and O–H groups in total. The maximum absolute atomic E-state index is 13.0. The summed E-state index contributed by atoms with van der Waals surface area (Å²) in [4.78, 5) is 0. The quantitative estimate of drug-likeness (QED) is 0.632. The van der Waals surface area contributed by atoms with Crippen LogP contribution in [0.2, 0.25) is 0 Å². The normalized spacial score (nSPS) is 10.8. The molecule has 2 aromatic rings. The molecule has 0 aliphatic heterocycles. The van der Waals surface area contributed by atoms with Gasteiger partial charge in [-0.05, 0) is 12.1 Å². The molecule has 0 radical (unpaired) electrons. The minimum Gasteiger partial charge on any atom is -0.283 e. The van der Waals surface area contributed by atoms with Crippen molar-refractivity contribution in [3.63, 3.8) is 0 Å². The van der Waals surface area contributed by atoms with Gasteiger partial charge < -0.3 is 0 Å². The zero-order chi connectivity index (χ0) is 8.55. The van der Waals surface area contributed by atoms with Crippen LogP contribution in [0.25, 0.3) is 5.65 Å². The van der Waals surface area contributed by atoms with E-state index in [4.69, 9.17) is 11.6 Å². The highest BCUT2D eigenvalue weighted by Gasteiger charge is 2.06. The Morgan fingerprint density at radius 2 is 2.33 bits per heavy atom. The molecule has 0 saturated carbocycles. The average molecular weight is 186 g/mol. The number of aromatic nitrogens is 3. The molecule has 0 atom stereocenters. The molecule has 0 amide bonds. The number of halogens is 2. The van der Waals surface area contributed by atoms with Crippen LogP contribution < -0.4 is 0 Å². The van der Waals surface area contributed by atoms with E-state index in [0.29, 0.717) is 5.82 Å². The van der Waals surface area contributed by atoms with Crippen molar-refractivity contribution in [1.29, 1.82) is 0 Å². The van der Waals surface area contributed by atoms with Crippen LogP contribution >= 0.6 is 11.6 Å². The number of rotatable bonds is 1. The Kier molecular flexibility index (Phi) is 1.69. The van der Waals surface area contributed by atoms with Crippen LogP contribution in [-0.4, -0.2) is 14.6 Å². The Balaban J connectivity index is 2.80. The summed E-state index contributed by atoms with van der Waals surface area (Å²) < 4.78 is 14.5. The first kappa shape index (κ1) is 7.49. The summed E-state index contributed by atoms with van der Waals surface area (Å²) in [5, 5.41) is 7.36. The lowest BCUT2D eigenvalue weighted by Crippen LogP contribution is -1.91. The Morgan fingerprint density at radius 3 is 3.08 bits per heavy atom. The third-order valence-corrected chi connectivity index (χ3v) is 1.82. The molecule has 0 aromatic carbocycles. The second-order valence-corrected chi connectivity index (χ2v) is 2.57. The molecule has 12 heavy (non-hydrogen) atoms. The summed E-state index contributed by atoms with van der Waals surface area (Å²) in [7, 11) is 0. The highest BCUT2D eigenvalue weighted by atomic mass is 35.5. The van der Waals surface area contributed by atoms with Gasteiger partial charge in [0.2, 0.25) is 0 Å². The lowest BCUT2D eigenvalue weighted by Gasteiger charge is -1.94. The highest BCUT2D eigenvalue weighted by Crippen LogP contribution is 2.08. The van der Waals surface area contributed by atoms with E-state index in [9.17, 15) is 4.39 Å². The number of alkyl halides is 1. The molecule has 0 fully saturated rings. The van der Waals surface area contributed by atoms with Gasteiger partial charge in [0.05, 0.1) is 5.88 Å². The molecule has 0 aliphatic carbocycles. The minimum absolute atomic E-state index is 0.216. The first-order valence-electron chi connectivity index (χ1n) is 3.37. The molecule has 5 heteroatoms. The van der Waals surface area contributed by atoms with E-state index in [1.54, 1.807) is 12.3 Å². The molecule has 2 heterocycles. The summed E-state index contributed by atoms with van der Waals surface area (Å²) in [5.41, 5.74) is 0.216. The number of nitrogens with zero attached hydrogens (tertiary/aromatic N) is 3. The van der Waals surface area contributed by atoms with Crippen LogP contribution in [0.5, 0.6) is 0 Å². The first-order chi connectivity index (χ1) is 5.83. The predicted octanol–water partition coefficient (Wildman–Crippen LogP) is 1.61. The van der Waals surface area contributed by atoms with Crippen molar-refractivity contribution in [3.05, 3.63) is 30.0 Å². The molecule has 3 nitrogen and oxygen atoms in total. The first-order valence-corrected chi connectivity index (χ1v) is 3.90. The van der Waals surface area contributed by atoms with Crippen LogP contribution in [0.3, 0.4) is 0 Å². The molecule has 2 rings (SSSR count). The second-order valence-electron chi connectivity index (χ2n) is 2.30. The van der Waals surface area contributed by atoms with Gasteiger partial charge in [-0.1, -0.05) is 0 Å². The van der Waals surface area contributed by atoms with Gasteiger partial charge in [-0.15, -0.1) is 21.8 Å². The molecular formula is C7H5ClFN3. The minimum atomic E-state index is -0.388. The predicted molar refractivity (Wildman–Crippen MR) is 42.5 cm³/mol. The maximum Gasteiger partial charge on any atom is 0.196 e.